The number of anilines is 1. The van der Waals surface area contributed by atoms with E-state index >= 15 is 0 Å². The van der Waals surface area contributed by atoms with Crippen LogP contribution in [-0.2, 0) is 21.2 Å². The topological polar surface area (TPSA) is 87.3 Å². The maximum absolute atomic E-state index is 12.2. The Hall–Kier alpha value is -1.15. The molecular formula is C11H12ClN3O3S. The van der Waals surface area contributed by atoms with Crippen molar-refractivity contribution >= 4 is 33.2 Å². The van der Waals surface area contributed by atoms with Gasteiger partial charge in [0.25, 0.3) is 0 Å². The highest BCUT2D eigenvalue weighted by Crippen LogP contribution is 2.32. The Labute approximate surface area is 115 Å². The number of hydrogen-bond acceptors (Lipinski definition) is 4. The molecule has 102 valence electrons. The van der Waals surface area contributed by atoms with Gasteiger partial charge in [-0.2, -0.15) is 0 Å². The first kappa shape index (κ1) is 12.9. The van der Waals surface area contributed by atoms with Crippen molar-refractivity contribution in [3.05, 3.63) is 22.7 Å². The molecule has 1 fully saturated rings. The fourth-order valence-corrected chi connectivity index (χ4v) is 3.90. The number of nitrogens with one attached hydrogen (secondary N) is 3. The van der Waals surface area contributed by atoms with Crippen LogP contribution < -0.4 is 15.4 Å². The summed E-state index contributed by atoms with van der Waals surface area (Å²) in [7, 11) is -3.65. The third-order valence-electron chi connectivity index (χ3n) is 3.18. The van der Waals surface area contributed by atoms with E-state index in [-0.39, 0.29) is 28.3 Å². The number of amides is 1. The van der Waals surface area contributed by atoms with E-state index in [1.165, 1.54) is 12.1 Å². The molecule has 1 saturated heterocycles. The van der Waals surface area contributed by atoms with Crippen LogP contribution in [0.15, 0.2) is 17.0 Å². The first-order chi connectivity index (χ1) is 8.95. The Morgan fingerprint density at radius 2 is 2.05 bits per heavy atom. The van der Waals surface area contributed by atoms with Crippen LogP contribution >= 0.6 is 11.6 Å². The lowest BCUT2D eigenvalue weighted by molar-refractivity contribution is -0.115. The van der Waals surface area contributed by atoms with E-state index in [1.807, 2.05) is 0 Å². The van der Waals surface area contributed by atoms with E-state index in [0.29, 0.717) is 24.3 Å². The molecule has 6 nitrogen and oxygen atoms in total. The maximum Gasteiger partial charge on any atom is 0.242 e. The maximum atomic E-state index is 12.2. The van der Waals surface area contributed by atoms with Crippen LogP contribution in [-0.4, -0.2) is 33.5 Å². The zero-order valence-corrected chi connectivity index (χ0v) is 11.4. The van der Waals surface area contributed by atoms with Crippen molar-refractivity contribution in [2.45, 2.75) is 17.4 Å². The predicted octanol–water partition coefficient (Wildman–Crippen LogP) is 0.0847. The zero-order valence-electron chi connectivity index (χ0n) is 9.86. The van der Waals surface area contributed by atoms with Gasteiger partial charge in [-0.3, -0.25) is 4.79 Å². The van der Waals surface area contributed by atoms with Gasteiger partial charge >= 0.3 is 0 Å². The molecule has 3 rings (SSSR count). The summed E-state index contributed by atoms with van der Waals surface area (Å²) in [4.78, 5) is 11.3. The smallest absolute Gasteiger partial charge is 0.242 e. The van der Waals surface area contributed by atoms with Gasteiger partial charge in [0.05, 0.1) is 11.4 Å². The Morgan fingerprint density at radius 3 is 2.68 bits per heavy atom. The quantitative estimate of drug-likeness (QED) is 0.738. The normalized spacial score (nSPS) is 18.9. The number of carbonyl (C=O) groups excluding carboxylic acids is 1. The molecule has 1 amide bonds. The van der Waals surface area contributed by atoms with Gasteiger partial charge in [-0.15, -0.1) is 0 Å². The van der Waals surface area contributed by atoms with Gasteiger partial charge in [-0.05, 0) is 17.7 Å². The summed E-state index contributed by atoms with van der Waals surface area (Å²) in [6.45, 7) is 1.23. The first-order valence-corrected chi connectivity index (χ1v) is 7.67. The largest absolute Gasteiger partial charge is 0.325 e. The Balaban J connectivity index is 1.96. The summed E-state index contributed by atoms with van der Waals surface area (Å²) in [6.07, 6.45) is 0.181. The second kappa shape index (κ2) is 4.45. The van der Waals surface area contributed by atoms with Crippen molar-refractivity contribution in [1.82, 2.24) is 10.0 Å². The summed E-state index contributed by atoms with van der Waals surface area (Å²) in [5.74, 6) is -0.156. The van der Waals surface area contributed by atoms with Gasteiger partial charge in [-0.1, -0.05) is 11.6 Å². The van der Waals surface area contributed by atoms with Crippen molar-refractivity contribution in [1.29, 1.82) is 0 Å². The molecule has 0 aliphatic carbocycles. The van der Waals surface area contributed by atoms with E-state index in [0.717, 1.165) is 0 Å². The molecule has 0 bridgehead atoms. The molecular weight excluding hydrogens is 290 g/mol. The predicted molar refractivity (Wildman–Crippen MR) is 70.8 cm³/mol. The number of rotatable bonds is 3. The van der Waals surface area contributed by atoms with E-state index < -0.39 is 10.0 Å². The summed E-state index contributed by atoms with van der Waals surface area (Å²) < 4.78 is 27.0. The number of carbonyl (C=O) groups is 1. The second-order valence-corrected chi connectivity index (χ2v) is 6.73. The van der Waals surface area contributed by atoms with Gasteiger partial charge in [0, 0.05) is 24.8 Å². The second-order valence-electron chi connectivity index (χ2n) is 4.64. The van der Waals surface area contributed by atoms with E-state index in [1.54, 1.807) is 0 Å². The Kier molecular flexibility index (Phi) is 3.01. The Morgan fingerprint density at radius 1 is 1.32 bits per heavy atom. The van der Waals surface area contributed by atoms with Gasteiger partial charge < -0.3 is 10.6 Å². The highest BCUT2D eigenvalue weighted by atomic mass is 35.5. The molecule has 19 heavy (non-hydrogen) atoms. The fourth-order valence-electron chi connectivity index (χ4n) is 2.09. The molecule has 0 aromatic heterocycles. The van der Waals surface area contributed by atoms with Gasteiger partial charge in [0.15, 0.2) is 0 Å². The highest BCUT2D eigenvalue weighted by molar-refractivity contribution is 7.89. The fraction of sp³-hybridized carbons (Fsp3) is 0.364. The SMILES string of the molecule is O=C1Cc2cc(S(=O)(=O)NC3CNC3)c(Cl)cc2N1. The van der Waals surface area contributed by atoms with Crippen LogP contribution in [0.3, 0.4) is 0 Å². The Bertz CT molecular complexity index is 655. The third-order valence-corrected chi connectivity index (χ3v) is 5.16. The molecule has 1 aromatic carbocycles. The highest BCUT2D eigenvalue weighted by Gasteiger charge is 2.28. The lowest BCUT2D eigenvalue weighted by Crippen LogP contribution is -2.56. The van der Waals surface area contributed by atoms with Gasteiger partial charge in [0.2, 0.25) is 15.9 Å². The minimum Gasteiger partial charge on any atom is -0.325 e. The van der Waals surface area contributed by atoms with E-state index in [9.17, 15) is 13.2 Å². The van der Waals surface area contributed by atoms with Crippen molar-refractivity contribution in [2.24, 2.45) is 0 Å². The number of hydrogen-bond donors (Lipinski definition) is 3. The summed E-state index contributed by atoms with van der Waals surface area (Å²) in [6, 6.07) is 2.84. The van der Waals surface area contributed by atoms with Crippen LogP contribution in [0, 0.1) is 0 Å². The van der Waals surface area contributed by atoms with Crippen molar-refractivity contribution in [3.8, 4) is 0 Å². The first-order valence-electron chi connectivity index (χ1n) is 5.81. The molecule has 2 heterocycles. The molecule has 1 aromatic rings. The minimum absolute atomic E-state index is 0.0244. The lowest BCUT2D eigenvalue weighted by atomic mass is 10.2. The van der Waals surface area contributed by atoms with Crippen LogP contribution in [0.4, 0.5) is 5.69 Å². The lowest BCUT2D eigenvalue weighted by Gasteiger charge is -2.27. The third kappa shape index (κ3) is 2.34. The van der Waals surface area contributed by atoms with Gasteiger partial charge in [-0.25, -0.2) is 13.1 Å². The average Bonchev–Trinajstić information content (AvgIpc) is 2.62. The van der Waals surface area contributed by atoms with Crippen LogP contribution in [0.2, 0.25) is 5.02 Å². The minimum atomic E-state index is -3.65. The molecule has 0 saturated carbocycles. The molecule has 2 aliphatic heterocycles. The average molecular weight is 302 g/mol. The summed E-state index contributed by atoms with van der Waals surface area (Å²) in [5.41, 5.74) is 1.24. The van der Waals surface area contributed by atoms with Gasteiger partial charge in [0.1, 0.15) is 4.90 Å². The monoisotopic (exact) mass is 301 g/mol. The molecule has 0 spiro atoms. The number of sulfonamides is 1. The van der Waals surface area contributed by atoms with Crippen LogP contribution in [0.1, 0.15) is 5.56 Å². The van der Waals surface area contributed by atoms with Crippen molar-refractivity contribution in [3.63, 3.8) is 0 Å². The molecule has 3 N–H and O–H groups in total. The zero-order chi connectivity index (χ0) is 13.6. The molecule has 0 unspecified atom stereocenters. The van der Waals surface area contributed by atoms with Crippen molar-refractivity contribution < 1.29 is 13.2 Å². The summed E-state index contributed by atoms with van der Waals surface area (Å²) in [5, 5.41) is 5.73. The summed E-state index contributed by atoms with van der Waals surface area (Å²) >= 11 is 6.00. The number of benzene rings is 1. The molecule has 8 heteroatoms. The molecule has 0 radical (unpaired) electrons. The number of fused-ring (bicyclic) bond motifs is 1. The molecule has 2 aliphatic rings. The standard InChI is InChI=1S/C11H12ClN3O3S/c12-8-3-9-6(2-11(16)14-9)1-10(8)19(17,18)15-7-4-13-5-7/h1,3,7,13,15H,2,4-5H2,(H,14,16). The van der Waals surface area contributed by atoms with E-state index in [4.69, 9.17) is 11.6 Å². The van der Waals surface area contributed by atoms with E-state index in [2.05, 4.69) is 15.4 Å². The van der Waals surface area contributed by atoms with Crippen LogP contribution in [0.25, 0.3) is 0 Å². The van der Waals surface area contributed by atoms with Crippen molar-refractivity contribution in [2.75, 3.05) is 18.4 Å². The molecule has 0 atom stereocenters. The number of halogens is 1. The van der Waals surface area contributed by atoms with Crippen LogP contribution in [0.5, 0.6) is 0 Å².